The molecule has 5 heteroatoms. The molecule has 1 aliphatic heterocycles. The van der Waals surface area contributed by atoms with Crippen LogP contribution in [0.4, 0.5) is 11.4 Å². The third kappa shape index (κ3) is 3.18. The van der Waals surface area contributed by atoms with Crippen LogP contribution in [0.25, 0.3) is 0 Å². The number of hydrogen-bond acceptors (Lipinski definition) is 3. The van der Waals surface area contributed by atoms with Crippen molar-refractivity contribution >= 4 is 23.2 Å². The maximum Gasteiger partial charge on any atom is 0.231 e. The van der Waals surface area contributed by atoms with Gasteiger partial charge in [-0.05, 0) is 29.3 Å². The first kappa shape index (κ1) is 15.1. The Hall–Kier alpha value is -2.82. The summed E-state index contributed by atoms with van der Waals surface area (Å²) in [7, 11) is 3.35. The number of amides is 2. The smallest absolute Gasteiger partial charge is 0.231 e. The molecule has 2 aromatic carbocycles. The van der Waals surface area contributed by atoms with Gasteiger partial charge in [-0.2, -0.15) is 0 Å². The van der Waals surface area contributed by atoms with E-state index in [4.69, 9.17) is 4.74 Å². The van der Waals surface area contributed by atoms with Gasteiger partial charge in [0.15, 0.2) is 0 Å². The number of ether oxygens (including phenoxy) is 1. The first-order chi connectivity index (χ1) is 11.1. The van der Waals surface area contributed by atoms with Gasteiger partial charge in [-0.1, -0.05) is 18.2 Å². The number of hydrogen-bond donors (Lipinski definition) is 1. The van der Waals surface area contributed by atoms with Crippen LogP contribution in [0.15, 0.2) is 42.5 Å². The molecule has 0 atom stereocenters. The first-order valence-electron chi connectivity index (χ1n) is 7.39. The second-order valence-corrected chi connectivity index (χ2v) is 5.55. The molecule has 0 aliphatic carbocycles. The monoisotopic (exact) mass is 310 g/mol. The summed E-state index contributed by atoms with van der Waals surface area (Å²) in [5, 5.41) is 2.85. The number of nitrogens with zero attached hydrogens (tertiary/aromatic N) is 1. The van der Waals surface area contributed by atoms with Crippen LogP contribution in [-0.2, 0) is 22.4 Å². The number of rotatable bonds is 4. The fourth-order valence-electron chi connectivity index (χ4n) is 2.72. The molecular formula is C18H18N2O3. The number of nitrogens with one attached hydrogen (secondary N) is 1. The molecule has 0 spiro atoms. The minimum absolute atomic E-state index is 0.0815. The van der Waals surface area contributed by atoms with E-state index in [0.29, 0.717) is 17.9 Å². The van der Waals surface area contributed by atoms with Gasteiger partial charge in [0.05, 0.1) is 20.0 Å². The highest BCUT2D eigenvalue weighted by atomic mass is 16.5. The van der Waals surface area contributed by atoms with E-state index in [-0.39, 0.29) is 18.2 Å². The van der Waals surface area contributed by atoms with E-state index >= 15 is 0 Å². The van der Waals surface area contributed by atoms with Gasteiger partial charge in [0.1, 0.15) is 5.75 Å². The van der Waals surface area contributed by atoms with Crippen molar-refractivity contribution in [3.05, 3.63) is 53.6 Å². The Morgan fingerprint density at radius 1 is 1.26 bits per heavy atom. The molecule has 1 heterocycles. The van der Waals surface area contributed by atoms with Gasteiger partial charge in [0.25, 0.3) is 0 Å². The van der Waals surface area contributed by atoms with Crippen LogP contribution in [0.2, 0.25) is 0 Å². The molecule has 1 N–H and O–H groups in total. The van der Waals surface area contributed by atoms with Gasteiger partial charge in [0, 0.05) is 24.5 Å². The molecule has 3 rings (SSSR count). The van der Waals surface area contributed by atoms with E-state index in [9.17, 15) is 9.59 Å². The van der Waals surface area contributed by atoms with Gasteiger partial charge in [-0.3, -0.25) is 9.59 Å². The van der Waals surface area contributed by atoms with E-state index in [2.05, 4.69) is 5.32 Å². The Balaban J connectivity index is 1.69. The van der Waals surface area contributed by atoms with Crippen molar-refractivity contribution in [2.45, 2.75) is 12.8 Å². The molecule has 0 aromatic heterocycles. The molecule has 0 bridgehead atoms. The number of fused-ring (bicyclic) bond motifs is 1. The maximum absolute atomic E-state index is 12.2. The minimum atomic E-state index is -0.101. The van der Waals surface area contributed by atoms with Crippen molar-refractivity contribution in [2.75, 3.05) is 24.4 Å². The van der Waals surface area contributed by atoms with Gasteiger partial charge < -0.3 is 15.0 Å². The zero-order chi connectivity index (χ0) is 16.4. The summed E-state index contributed by atoms with van der Waals surface area (Å²) in [6.45, 7) is 0. The van der Waals surface area contributed by atoms with Gasteiger partial charge >= 0.3 is 0 Å². The normalized spacial score (nSPS) is 13.0. The van der Waals surface area contributed by atoms with Crippen LogP contribution in [0.3, 0.4) is 0 Å². The highest BCUT2D eigenvalue weighted by molar-refractivity contribution is 6.01. The standard InChI is InChI=1S/C18H18N2O3/c1-20-16-7-6-12(8-13(16)10-18(20)22)9-17(21)19-14-4-3-5-15(11-14)23-2/h3-8,11H,9-10H2,1-2H3,(H,19,21). The fourth-order valence-corrected chi connectivity index (χ4v) is 2.72. The Bertz CT molecular complexity index is 771. The van der Waals surface area contributed by atoms with Crippen LogP contribution in [0.5, 0.6) is 5.75 Å². The molecule has 23 heavy (non-hydrogen) atoms. The zero-order valence-corrected chi connectivity index (χ0v) is 13.1. The Morgan fingerprint density at radius 2 is 2.09 bits per heavy atom. The summed E-state index contributed by atoms with van der Waals surface area (Å²) in [5.41, 5.74) is 3.49. The molecule has 118 valence electrons. The highest BCUT2D eigenvalue weighted by Crippen LogP contribution is 2.28. The summed E-state index contributed by atoms with van der Waals surface area (Å²) in [4.78, 5) is 25.5. The van der Waals surface area contributed by atoms with Crippen LogP contribution in [0, 0.1) is 0 Å². The summed E-state index contributed by atoms with van der Waals surface area (Å²) >= 11 is 0. The van der Waals surface area contributed by atoms with Crippen LogP contribution in [0.1, 0.15) is 11.1 Å². The zero-order valence-electron chi connectivity index (χ0n) is 13.1. The van der Waals surface area contributed by atoms with E-state index < -0.39 is 0 Å². The number of likely N-dealkylation sites (N-methyl/N-ethyl adjacent to an activating group) is 1. The molecule has 2 aromatic rings. The molecule has 5 nitrogen and oxygen atoms in total. The average molecular weight is 310 g/mol. The SMILES string of the molecule is COc1cccc(NC(=O)Cc2ccc3c(c2)CC(=O)N3C)c1. The third-order valence-electron chi connectivity index (χ3n) is 3.94. The summed E-state index contributed by atoms with van der Waals surface area (Å²) in [6.07, 6.45) is 0.666. The van der Waals surface area contributed by atoms with Crippen molar-refractivity contribution in [3.63, 3.8) is 0 Å². The Labute approximate surface area is 134 Å². The summed E-state index contributed by atoms with van der Waals surface area (Å²) in [6, 6.07) is 13.0. The van der Waals surface area contributed by atoms with Crippen molar-refractivity contribution in [1.29, 1.82) is 0 Å². The van der Waals surface area contributed by atoms with Crippen molar-refractivity contribution < 1.29 is 14.3 Å². The van der Waals surface area contributed by atoms with E-state index in [1.807, 2.05) is 36.4 Å². The topological polar surface area (TPSA) is 58.6 Å². The largest absolute Gasteiger partial charge is 0.497 e. The second kappa shape index (κ2) is 6.12. The molecule has 0 radical (unpaired) electrons. The van der Waals surface area contributed by atoms with Crippen molar-refractivity contribution in [3.8, 4) is 5.75 Å². The second-order valence-electron chi connectivity index (χ2n) is 5.55. The van der Waals surface area contributed by atoms with Gasteiger partial charge in [-0.15, -0.1) is 0 Å². The van der Waals surface area contributed by atoms with E-state index in [0.717, 1.165) is 16.8 Å². The summed E-state index contributed by atoms with van der Waals surface area (Å²) in [5.74, 6) is 0.677. The lowest BCUT2D eigenvalue weighted by Gasteiger charge is -2.11. The quantitative estimate of drug-likeness (QED) is 0.943. The molecule has 0 fully saturated rings. The van der Waals surface area contributed by atoms with Crippen molar-refractivity contribution in [1.82, 2.24) is 0 Å². The molecular weight excluding hydrogens is 292 g/mol. The number of benzene rings is 2. The number of methoxy groups -OCH3 is 1. The average Bonchev–Trinajstić information content (AvgIpc) is 2.81. The lowest BCUT2D eigenvalue weighted by molar-refractivity contribution is -0.117. The van der Waals surface area contributed by atoms with Gasteiger partial charge in [-0.25, -0.2) is 0 Å². The number of carbonyl (C=O) groups is 2. The Morgan fingerprint density at radius 3 is 2.87 bits per heavy atom. The predicted octanol–water partition coefficient (Wildman–Crippen LogP) is 2.40. The van der Waals surface area contributed by atoms with Crippen molar-refractivity contribution in [2.24, 2.45) is 0 Å². The molecule has 0 unspecified atom stereocenters. The third-order valence-corrected chi connectivity index (χ3v) is 3.94. The maximum atomic E-state index is 12.2. The lowest BCUT2D eigenvalue weighted by atomic mass is 10.1. The lowest BCUT2D eigenvalue weighted by Crippen LogP contribution is -2.20. The molecule has 2 amide bonds. The predicted molar refractivity (Wildman–Crippen MR) is 88.9 cm³/mol. The molecule has 1 aliphatic rings. The van der Waals surface area contributed by atoms with Gasteiger partial charge in [0.2, 0.25) is 11.8 Å². The van der Waals surface area contributed by atoms with Crippen LogP contribution >= 0.6 is 0 Å². The number of carbonyl (C=O) groups excluding carboxylic acids is 2. The van der Waals surface area contributed by atoms with Crippen LogP contribution < -0.4 is 15.0 Å². The first-order valence-corrected chi connectivity index (χ1v) is 7.39. The highest BCUT2D eigenvalue weighted by Gasteiger charge is 2.24. The molecule has 0 saturated heterocycles. The van der Waals surface area contributed by atoms with E-state index in [1.54, 1.807) is 25.1 Å². The fraction of sp³-hybridized carbons (Fsp3) is 0.222. The minimum Gasteiger partial charge on any atom is -0.497 e. The van der Waals surface area contributed by atoms with E-state index in [1.165, 1.54) is 0 Å². The van der Waals surface area contributed by atoms with Crippen LogP contribution in [-0.4, -0.2) is 26.0 Å². The number of anilines is 2. The summed E-state index contributed by atoms with van der Waals surface area (Å²) < 4.78 is 5.14. The Kier molecular flexibility index (Phi) is 4.02. The molecule has 0 saturated carbocycles.